The van der Waals surface area contributed by atoms with E-state index < -0.39 is 16.1 Å². The van der Waals surface area contributed by atoms with Gasteiger partial charge in [-0.05, 0) is 24.6 Å². The summed E-state index contributed by atoms with van der Waals surface area (Å²) in [4.78, 5) is 12.0. The second-order valence-corrected chi connectivity index (χ2v) is 7.08. The SMILES string of the molecule is O=C1NCC[C@@H]1NS(=O)(=O)/C=C/c1ccc(Cl)s1. The maximum atomic E-state index is 11.7. The molecule has 0 saturated carbocycles. The Kier molecular flexibility index (Phi) is 4.06. The molecule has 98 valence electrons. The predicted octanol–water partition coefficient (Wildman–Crippen LogP) is 1.18. The average molecular weight is 307 g/mol. The van der Waals surface area contributed by atoms with Gasteiger partial charge in [0, 0.05) is 16.8 Å². The molecule has 0 aliphatic carbocycles. The van der Waals surface area contributed by atoms with E-state index in [2.05, 4.69) is 10.0 Å². The van der Waals surface area contributed by atoms with Crippen molar-refractivity contribution >= 4 is 44.9 Å². The highest BCUT2D eigenvalue weighted by Crippen LogP contribution is 2.22. The van der Waals surface area contributed by atoms with Crippen LogP contribution in [-0.2, 0) is 14.8 Å². The third-order valence-corrected chi connectivity index (χ3v) is 4.66. The van der Waals surface area contributed by atoms with Gasteiger partial charge in [-0.1, -0.05) is 11.6 Å². The van der Waals surface area contributed by atoms with E-state index in [1.807, 2.05) is 0 Å². The number of halogens is 1. The van der Waals surface area contributed by atoms with Crippen LogP contribution in [0.1, 0.15) is 11.3 Å². The molecule has 0 spiro atoms. The van der Waals surface area contributed by atoms with Gasteiger partial charge >= 0.3 is 0 Å². The average Bonchev–Trinajstić information content (AvgIpc) is 2.86. The zero-order chi connectivity index (χ0) is 13.2. The van der Waals surface area contributed by atoms with Crippen LogP contribution in [0.3, 0.4) is 0 Å². The second kappa shape index (κ2) is 5.40. The molecule has 18 heavy (non-hydrogen) atoms. The van der Waals surface area contributed by atoms with Crippen molar-refractivity contribution < 1.29 is 13.2 Å². The van der Waals surface area contributed by atoms with Gasteiger partial charge in [-0.2, -0.15) is 4.72 Å². The fraction of sp³-hybridized carbons (Fsp3) is 0.300. The maximum absolute atomic E-state index is 11.7. The molecule has 8 heteroatoms. The van der Waals surface area contributed by atoms with E-state index in [0.29, 0.717) is 17.3 Å². The largest absolute Gasteiger partial charge is 0.355 e. The Morgan fingerprint density at radius 2 is 2.28 bits per heavy atom. The molecular formula is C10H11ClN2O3S2. The van der Waals surface area contributed by atoms with E-state index in [-0.39, 0.29) is 5.91 Å². The van der Waals surface area contributed by atoms with E-state index >= 15 is 0 Å². The van der Waals surface area contributed by atoms with Gasteiger partial charge in [0.05, 0.1) is 4.34 Å². The molecule has 1 aliphatic heterocycles. The minimum absolute atomic E-state index is 0.286. The van der Waals surface area contributed by atoms with Gasteiger partial charge in [0.25, 0.3) is 0 Å². The Balaban J connectivity index is 2.03. The minimum atomic E-state index is -3.61. The van der Waals surface area contributed by atoms with Crippen molar-refractivity contribution in [1.82, 2.24) is 10.0 Å². The molecule has 2 heterocycles. The molecule has 0 radical (unpaired) electrons. The zero-order valence-electron chi connectivity index (χ0n) is 9.22. The number of sulfonamides is 1. The number of amides is 1. The first-order valence-electron chi connectivity index (χ1n) is 5.20. The number of hydrogen-bond acceptors (Lipinski definition) is 4. The van der Waals surface area contributed by atoms with Crippen molar-refractivity contribution in [3.63, 3.8) is 0 Å². The van der Waals surface area contributed by atoms with Crippen LogP contribution < -0.4 is 10.0 Å². The molecule has 1 aromatic rings. The number of carbonyl (C=O) groups is 1. The number of rotatable bonds is 4. The zero-order valence-corrected chi connectivity index (χ0v) is 11.6. The lowest BCUT2D eigenvalue weighted by molar-refractivity contribution is -0.120. The number of thiophene rings is 1. The van der Waals surface area contributed by atoms with Gasteiger partial charge < -0.3 is 5.32 Å². The van der Waals surface area contributed by atoms with Gasteiger partial charge in [-0.25, -0.2) is 8.42 Å². The van der Waals surface area contributed by atoms with E-state index in [4.69, 9.17) is 11.6 Å². The monoisotopic (exact) mass is 306 g/mol. The normalized spacial score (nSPS) is 20.5. The van der Waals surface area contributed by atoms with Crippen molar-refractivity contribution in [2.45, 2.75) is 12.5 Å². The van der Waals surface area contributed by atoms with Crippen molar-refractivity contribution in [3.8, 4) is 0 Å². The van der Waals surface area contributed by atoms with E-state index in [9.17, 15) is 13.2 Å². The molecule has 1 saturated heterocycles. The summed E-state index contributed by atoms with van der Waals surface area (Å²) in [5.74, 6) is -0.286. The molecule has 1 amide bonds. The van der Waals surface area contributed by atoms with Crippen molar-refractivity contribution in [2.75, 3.05) is 6.54 Å². The molecule has 1 aromatic heterocycles. The Morgan fingerprint density at radius 3 is 2.83 bits per heavy atom. The predicted molar refractivity (Wildman–Crippen MR) is 71.8 cm³/mol. The van der Waals surface area contributed by atoms with Gasteiger partial charge in [-0.15, -0.1) is 11.3 Å². The lowest BCUT2D eigenvalue weighted by Crippen LogP contribution is -2.39. The third kappa shape index (κ3) is 3.55. The van der Waals surface area contributed by atoms with Gasteiger partial charge in [0.2, 0.25) is 15.9 Å². The van der Waals surface area contributed by atoms with Crippen LogP contribution in [0.25, 0.3) is 6.08 Å². The van der Waals surface area contributed by atoms with Crippen LogP contribution in [0, 0.1) is 0 Å². The molecule has 1 aliphatic rings. The van der Waals surface area contributed by atoms with Gasteiger partial charge in [0.15, 0.2) is 0 Å². The topological polar surface area (TPSA) is 75.3 Å². The van der Waals surface area contributed by atoms with Crippen LogP contribution in [0.4, 0.5) is 0 Å². The summed E-state index contributed by atoms with van der Waals surface area (Å²) in [5, 5.41) is 3.61. The molecule has 0 bridgehead atoms. The van der Waals surface area contributed by atoms with E-state index in [1.165, 1.54) is 17.4 Å². The molecule has 5 nitrogen and oxygen atoms in total. The quantitative estimate of drug-likeness (QED) is 0.877. The first kappa shape index (κ1) is 13.5. The Bertz CT molecular complexity index is 580. The Labute approximate surface area is 114 Å². The summed E-state index contributed by atoms with van der Waals surface area (Å²) in [6, 6.07) is 2.74. The summed E-state index contributed by atoms with van der Waals surface area (Å²) in [5.41, 5.74) is 0. The summed E-state index contributed by atoms with van der Waals surface area (Å²) in [6.07, 6.45) is 1.92. The maximum Gasteiger partial charge on any atom is 0.238 e. The molecule has 0 unspecified atom stereocenters. The van der Waals surface area contributed by atoms with Crippen LogP contribution in [-0.4, -0.2) is 26.9 Å². The van der Waals surface area contributed by atoms with E-state index in [0.717, 1.165) is 10.3 Å². The number of hydrogen-bond donors (Lipinski definition) is 2. The molecule has 1 atom stereocenters. The minimum Gasteiger partial charge on any atom is -0.355 e. The number of nitrogens with one attached hydrogen (secondary N) is 2. The standard InChI is InChI=1S/C10H11ClN2O3S2/c11-9-2-1-7(17-9)4-6-18(15,16)13-8-3-5-12-10(8)14/h1-2,4,6,8,13H,3,5H2,(H,12,14)/b6-4+/t8-/m0/s1. The lowest BCUT2D eigenvalue weighted by Gasteiger charge is -2.06. The van der Waals surface area contributed by atoms with Crippen molar-refractivity contribution in [2.24, 2.45) is 0 Å². The van der Waals surface area contributed by atoms with Crippen molar-refractivity contribution in [3.05, 3.63) is 26.8 Å². The van der Waals surface area contributed by atoms with Gasteiger partial charge in [0.1, 0.15) is 6.04 Å². The van der Waals surface area contributed by atoms with Crippen LogP contribution in [0.15, 0.2) is 17.5 Å². The fourth-order valence-corrected chi connectivity index (χ4v) is 3.59. The van der Waals surface area contributed by atoms with Crippen LogP contribution in [0.5, 0.6) is 0 Å². The van der Waals surface area contributed by atoms with Gasteiger partial charge in [-0.3, -0.25) is 4.79 Å². The summed E-state index contributed by atoms with van der Waals surface area (Å²) in [6.45, 7) is 0.496. The first-order valence-corrected chi connectivity index (χ1v) is 7.94. The summed E-state index contributed by atoms with van der Waals surface area (Å²) >= 11 is 7.01. The summed E-state index contributed by atoms with van der Waals surface area (Å²) < 4.78 is 26.3. The first-order chi connectivity index (χ1) is 8.46. The highest BCUT2D eigenvalue weighted by Gasteiger charge is 2.27. The van der Waals surface area contributed by atoms with Crippen molar-refractivity contribution in [1.29, 1.82) is 0 Å². The molecule has 2 N–H and O–H groups in total. The molecule has 1 fully saturated rings. The highest BCUT2D eigenvalue weighted by atomic mass is 35.5. The highest BCUT2D eigenvalue weighted by molar-refractivity contribution is 7.92. The Hall–Kier alpha value is -0.890. The summed E-state index contributed by atoms with van der Waals surface area (Å²) in [7, 11) is -3.61. The molecule has 2 rings (SSSR count). The second-order valence-electron chi connectivity index (χ2n) is 3.74. The lowest BCUT2D eigenvalue weighted by atomic mass is 10.3. The fourth-order valence-electron chi connectivity index (χ4n) is 1.52. The Morgan fingerprint density at radius 1 is 1.50 bits per heavy atom. The van der Waals surface area contributed by atoms with Crippen LogP contribution >= 0.6 is 22.9 Å². The van der Waals surface area contributed by atoms with Crippen LogP contribution in [0.2, 0.25) is 4.34 Å². The smallest absolute Gasteiger partial charge is 0.238 e. The third-order valence-electron chi connectivity index (χ3n) is 2.36. The molecular weight excluding hydrogens is 296 g/mol. The van der Waals surface area contributed by atoms with E-state index in [1.54, 1.807) is 12.1 Å². The molecule has 0 aromatic carbocycles. The number of carbonyl (C=O) groups excluding carboxylic acids is 1.